The summed E-state index contributed by atoms with van der Waals surface area (Å²) in [6.45, 7) is 1.79. The van der Waals surface area contributed by atoms with Crippen molar-refractivity contribution in [2.45, 2.75) is 89.1 Å². The quantitative estimate of drug-likeness (QED) is 0.115. The molecule has 7 heteroatoms. The molecule has 236 valence electrons. The van der Waals surface area contributed by atoms with Crippen molar-refractivity contribution < 1.29 is 19.2 Å². The molecule has 3 heterocycles. The summed E-state index contributed by atoms with van der Waals surface area (Å²) in [6, 6.07) is 13.8. The average Bonchev–Trinajstić information content (AvgIpc) is 3.65. The zero-order valence-corrected chi connectivity index (χ0v) is 26.6. The maximum absolute atomic E-state index is 14.4. The van der Waals surface area contributed by atoms with Gasteiger partial charge in [-0.1, -0.05) is 56.7 Å². The molecule has 0 aromatic heterocycles. The van der Waals surface area contributed by atoms with Crippen molar-refractivity contribution in [2.24, 2.45) is 0 Å². The number of carbonyl (C=O) groups excluding carboxylic acids is 4. The standard InChI is InChI=1S/C40H37N3O4/c44-37-27-16-13-24-25-14-17-29-34-30(40(47)43(39(29)46)23-11-5-2-6-12-23)21-31(41-19-7-8-20-41)35(36(25)34)26-15-18-28(33(27)32(24)26)38(45)42(37)22-9-3-1-4-10-22/h13-18,21-23H,1-12,19-20H2. The molecule has 0 spiro atoms. The Labute approximate surface area is 272 Å². The molecule has 0 unspecified atom stereocenters. The Balaban J connectivity index is 1.28. The molecule has 2 saturated carbocycles. The van der Waals surface area contributed by atoms with Gasteiger partial charge >= 0.3 is 0 Å². The maximum atomic E-state index is 14.4. The Kier molecular flexibility index (Phi) is 5.86. The van der Waals surface area contributed by atoms with Crippen LogP contribution in [0.1, 0.15) is 118 Å². The van der Waals surface area contributed by atoms with Gasteiger partial charge in [-0.25, -0.2) is 0 Å². The molecule has 5 aliphatic rings. The van der Waals surface area contributed by atoms with Crippen LogP contribution in [0.4, 0.5) is 5.69 Å². The van der Waals surface area contributed by atoms with Crippen molar-refractivity contribution in [1.29, 1.82) is 0 Å². The van der Waals surface area contributed by atoms with E-state index in [2.05, 4.69) is 17.0 Å². The molecule has 0 N–H and O–H groups in total. The first kappa shape index (κ1) is 27.6. The van der Waals surface area contributed by atoms with Crippen LogP contribution in [0.5, 0.6) is 0 Å². The fraction of sp³-hybridized carbons (Fsp3) is 0.400. The number of carbonyl (C=O) groups is 4. The van der Waals surface area contributed by atoms with Crippen LogP contribution in [0.15, 0.2) is 42.5 Å². The third-order valence-electron chi connectivity index (χ3n) is 12.1. The number of rotatable bonds is 3. The predicted molar refractivity (Wildman–Crippen MR) is 184 cm³/mol. The van der Waals surface area contributed by atoms with Gasteiger partial charge in [0.05, 0.1) is 5.56 Å². The molecule has 0 atom stereocenters. The molecule has 5 aromatic rings. The van der Waals surface area contributed by atoms with E-state index in [4.69, 9.17) is 0 Å². The Morgan fingerprint density at radius 3 is 1.40 bits per heavy atom. The van der Waals surface area contributed by atoms with E-state index in [0.29, 0.717) is 22.3 Å². The van der Waals surface area contributed by atoms with Crippen LogP contribution in [0.3, 0.4) is 0 Å². The van der Waals surface area contributed by atoms with Gasteiger partial charge in [0.1, 0.15) is 0 Å². The number of hydrogen-bond acceptors (Lipinski definition) is 5. The molecular weight excluding hydrogens is 586 g/mol. The summed E-state index contributed by atoms with van der Waals surface area (Å²) < 4.78 is 0. The van der Waals surface area contributed by atoms with Gasteiger partial charge in [-0.15, -0.1) is 0 Å². The third-order valence-corrected chi connectivity index (χ3v) is 12.1. The van der Waals surface area contributed by atoms with Gasteiger partial charge in [0, 0.05) is 69.1 Å². The molecule has 47 heavy (non-hydrogen) atoms. The largest absolute Gasteiger partial charge is 0.371 e. The topological polar surface area (TPSA) is 78.0 Å². The molecule has 10 rings (SSSR count). The van der Waals surface area contributed by atoms with Crippen LogP contribution >= 0.6 is 0 Å². The summed E-state index contributed by atoms with van der Waals surface area (Å²) in [5.41, 5.74) is 3.42. The third kappa shape index (κ3) is 3.63. The first-order valence-corrected chi connectivity index (χ1v) is 17.8. The van der Waals surface area contributed by atoms with Gasteiger partial charge in [-0.3, -0.25) is 29.0 Å². The Bertz CT molecular complexity index is 2200. The first-order chi connectivity index (χ1) is 23.0. The van der Waals surface area contributed by atoms with Gasteiger partial charge in [-0.2, -0.15) is 0 Å². The molecule has 4 amide bonds. The van der Waals surface area contributed by atoms with Crippen molar-refractivity contribution in [3.05, 3.63) is 64.7 Å². The zero-order valence-electron chi connectivity index (χ0n) is 26.6. The molecule has 0 bridgehead atoms. The van der Waals surface area contributed by atoms with Crippen molar-refractivity contribution in [2.75, 3.05) is 18.0 Å². The predicted octanol–water partition coefficient (Wildman–Crippen LogP) is 8.19. The average molecular weight is 624 g/mol. The number of anilines is 1. The van der Waals surface area contributed by atoms with E-state index >= 15 is 0 Å². The first-order valence-electron chi connectivity index (χ1n) is 17.8. The van der Waals surface area contributed by atoms with Gasteiger partial charge in [-0.05, 0) is 84.3 Å². The number of imide groups is 2. The molecule has 7 nitrogen and oxygen atoms in total. The van der Waals surface area contributed by atoms with E-state index in [-0.39, 0.29) is 35.7 Å². The summed E-state index contributed by atoms with van der Waals surface area (Å²) in [6.07, 6.45) is 12.0. The van der Waals surface area contributed by atoms with E-state index in [1.807, 2.05) is 30.3 Å². The van der Waals surface area contributed by atoms with Crippen LogP contribution in [0, 0.1) is 0 Å². The van der Waals surface area contributed by atoms with Gasteiger partial charge in [0.15, 0.2) is 0 Å². The van der Waals surface area contributed by atoms with Crippen LogP contribution in [0.25, 0.3) is 43.1 Å². The highest BCUT2D eigenvalue weighted by Crippen LogP contribution is 2.50. The second kappa shape index (κ2) is 9.99. The van der Waals surface area contributed by atoms with Crippen LogP contribution in [-0.4, -0.2) is 58.6 Å². The summed E-state index contributed by atoms with van der Waals surface area (Å²) in [5, 5.41) is 7.25. The fourth-order valence-electron chi connectivity index (χ4n) is 9.93. The molecule has 1 saturated heterocycles. The number of hydrogen-bond donors (Lipinski definition) is 0. The SMILES string of the molecule is O=C1c2ccc3c4ccc5c6c(cc(N7CCCC7)c(c7ccc(c2c37)C(=O)N1C1CCCCC1)c64)C(=O)N(C1CCCCC1)C5=O. The Morgan fingerprint density at radius 1 is 0.426 bits per heavy atom. The molecule has 0 radical (unpaired) electrons. The molecule has 3 aliphatic heterocycles. The highest BCUT2D eigenvalue weighted by Gasteiger charge is 2.42. The smallest absolute Gasteiger partial charge is 0.261 e. The van der Waals surface area contributed by atoms with Crippen molar-refractivity contribution in [3.63, 3.8) is 0 Å². The maximum Gasteiger partial charge on any atom is 0.261 e. The summed E-state index contributed by atoms with van der Waals surface area (Å²) in [4.78, 5) is 62.4. The van der Waals surface area contributed by atoms with E-state index in [1.54, 1.807) is 9.80 Å². The lowest BCUT2D eigenvalue weighted by Gasteiger charge is -2.37. The zero-order chi connectivity index (χ0) is 31.6. The lowest BCUT2D eigenvalue weighted by molar-refractivity contribution is 0.0487. The van der Waals surface area contributed by atoms with E-state index in [9.17, 15) is 19.2 Å². The highest BCUT2D eigenvalue weighted by molar-refractivity contribution is 6.43. The summed E-state index contributed by atoms with van der Waals surface area (Å²) in [5.74, 6) is -0.731. The molecule has 3 fully saturated rings. The second-order valence-corrected chi connectivity index (χ2v) is 14.5. The van der Waals surface area contributed by atoms with Crippen molar-refractivity contribution in [1.82, 2.24) is 9.80 Å². The Morgan fingerprint density at radius 2 is 0.872 bits per heavy atom. The number of fused-ring (bicyclic) bond motifs is 2. The Hall–Kier alpha value is -4.52. The highest BCUT2D eigenvalue weighted by atomic mass is 16.2. The lowest BCUT2D eigenvalue weighted by atomic mass is 9.80. The normalized spacial score (nSPS) is 21.1. The van der Waals surface area contributed by atoms with Gasteiger partial charge < -0.3 is 4.90 Å². The lowest BCUT2D eigenvalue weighted by Crippen LogP contribution is -2.48. The summed E-state index contributed by atoms with van der Waals surface area (Å²) in [7, 11) is 0. The van der Waals surface area contributed by atoms with Crippen LogP contribution in [0.2, 0.25) is 0 Å². The van der Waals surface area contributed by atoms with Gasteiger partial charge in [0.2, 0.25) is 0 Å². The minimum absolute atomic E-state index is 0.0545. The number of amides is 4. The van der Waals surface area contributed by atoms with E-state index in [0.717, 1.165) is 139 Å². The van der Waals surface area contributed by atoms with Crippen molar-refractivity contribution >= 4 is 72.4 Å². The monoisotopic (exact) mass is 623 g/mol. The van der Waals surface area contributed by atoms with Crippen molar-refractivity contribution in [3.8, 4) is 0 Å². The fourth-order valence-corrected chi connectivity index (χ4v) is 9.93. The van der Waals surface area contributed by atoms with Crippen LogP contribution < -0.4 is 4.90 Å². The van der Waals surface area contributed by atoms with E-state index in [1.165, 1.54) is 0 Å². The minimum Gasteiger partial charge on any atom is -0.371 e. The number of benzene rings is 5. The molecular formula is C40H37N3O4. The second-order valence-electron chi connectivity index (χ2n) is 14.5. The van der Waals surface area contributed by atoms with Crippen LogP contribution in [-0.2, 0) is 0 Å². The number of nitrogens with zero attached hydrogens (tertiary/aromatic N) is 3. The summed E-state index contributed by atoms with van der Waals surface area (Å²) >= 11 is 0. The molecule has 2 aliphatic carbocycles. The molecule has 5 aromatic carbocycles. The van der Waals surface area contributed by atoms with E-state index < -0.39 is 0 Å². The minimum atomic E-state index is -0.187. The van der Waals surface area contributed by atoms with Gasteiger partial charge in [0.25, 0.3) is 23.6 Å².